The average molecular weight is 408 g/mol. The van der Waals surface area contributed by atoms with Crippen molar-refractivity contribution in [3.8, 4) is 0 Å². The minimum absolute atomic E-state index is 0.00490. The lowest BCUT2D eigenvalue weighted by Crippen LogP contribution is -2.48. The van der Waals surface area contributed by atoms with Gasteiger partial charge in [-0.15, -0.1) is 0 Å². The lowest BCUT2D eigenvalue weighted by atomic mass is 10.0. The quantitative estimate of drug-likeness (QED) is 0.741. The number of benzene rings is 1. The highest BCUT2D eigenvalue weighted by molar-refractivity contribution is 7.88. The van der Waals surface area contributed by atoms with E-state index in [1.54, 1.807) is 16.8 Å². The van der Waals surface area contributed by atoms with Crippen LogP contribution in [-0.2, 0) is 26.0 Å². The van der Waals surface area contributed by atoms with Crippen molar-refractivity contribution in [3.05, 3.63) is 29.8 Å². The van der Waals surface area contributed by atoms with Gasteiger partial charge in [0.2, 0.25) is 21.8 Å². The number of carbonyl (C=O) groups is 2. The number of likely N-dealkylation sites (tertiary alicyclic amines) is 1. The number of nitrogens with zero attached hydrogens (tertiary/aromatic N) is 3. The summed E-state index contributed by atoms with van der Waals surface area (Å²) in [4.78, 5) is 29.1. The Labute approximate surface area is 167 Å². The Morgan fingerprint density at radius 1 is 1.21 bits per heavy atom. The number of para-hydroxylation sites is 1. The van der Waals surface area contributed by atoms with E-state index in [0.29, 0.717) is 32.5 Å². The zero-order valence-corrected chi connectivity index (χ0v) is 17.6. The Bertz CT molecular complexity index is 847. The minimum Gasteiger partial charge on any atom is -0.342 e. The Morgan fingerprint density at radius 2 is 1.86 bits per heavy atom. The highest BCUT2D eigenvalue weighted by atomic mass is 32.2. The van der Waals surface area contributed by atoms with Crippen molar-refractivity contribution in [2.45, 2.75) is 38.6 Å². The molecule has 0 spiro atoms. The van der Waals surface area contributed by atoms with Crippen LogP contribution in [0, 0.1) is 5.92 Å². The molecule has 2 fully saturated rings. The summed E-state index contributed by atoms with van der Waals surface area (Å²) in [7, 11) is -1.64. The third-order valence-corrected chi connectivity index (χ3v) is 7.30. The smallest absolute Gasteiger partial charge is 0.228 e. The van der Waals surface area contributed by atoms with Gasteiger partial charge in [-0.05, 0) is 30.9 Å². The molecule has 0 aromatic heterocycles. The zero-order valence-electron chi connectivity index (χ0n) is 16.8. The molecule has 0 radical (unpaired) electrons. The third kappa shape index (κ3) is 4.22. The first-order valence-corrected chi connectivity index (χ1v) is 11.7. The third-order valence-electron chi connectivity index (χ3n) is 5.95. The number of carbonyl (C=O) groups excluding carboxylic acids is 2. The second kappa shape index (κ2) is 8.21. The molecule has 0 N–H and O–H groups in total. The molecule has 3 rings (SSSR count). The fraction of sp³-hybridized carbons (Fsp3) is 0.600. The van der Waals surface area contributed by atoms with E-state index in [4.69, 9.17) is 0 Å². The van der Waals surface area contributed by atoms with Crippen LogP contribution in [0.1, 0.15) is 31.7 Å². The van der Waals surface area contributed by atoms with Gasteiger partial charge in [-0.3, -0.25) is 9.59 Å². The molecular formula is C20H29N3O4S. The van der Waals surface area contributed by atoms with Crippen molar-refractivity contribution < 1.29 is 18.0 Å². The number of rotatable bonds is 5. The van der Waals surface area contributed by atoms with Crippen molar-refractivity contribution in [2.75, 3.05) is 37.8 Å². The van der Waals surface area contributed by atoms with Gasteiger partial charge >= 0.3 is 0 Å². The van der Waals surface area contributed by atoms with Gasteiger partial charge in [-0.2, -0.15) is 0 Å². The van der Waals surface area contributed by atoms with E-state index in [1.807, 2.05) is 24.3 Å². The molecular weight excluding hydrogens is 378 g/mol. The maximum absolute atomic E-state index is 13.0. The largest absolute Gasteiger partial charge is 0.342 e. The highest BCUT2D eigenvalue weighted by Crippen LogP contribution is 2.30. The summed E-state index contributed by atoms with van der Waals surface area (Å²) in [6.07, 6.45) is 3.52. The number of sulfonamides is 1. The first kappa shape index (κ1) is 20.8. The molecule has 2 heterocycles. The normalized spacial score (nSPS) is 21.6. The number of aryl methyl sites for hydroxylation is 1. The minimum atomic E-state index is -3.23. The molecule has 1 atom stereocenters. The van der Waals surface area contributed by atoms with E-state index in [2.05, 4.69) is 6.92 Å². The van der Waals surface area contributed by atoms with Gasteiger partial charge in [0.1, 0.15) is 0 Å². The number of hydrogen-bond donors (Lipinski definition) is 0. The van der Waals surface area contributed by atoms with Crippen LogP contribution >= 0.6 is 0 Å². The van der Waals surface area contributed by atoms with E-state index in [9.17, 15) is 18.0 Å². The van der Waals surface area contributed by atoms with E-state index in [1.165, 1.54) is 10.6 Å². The predicted molar refractivity (Wildman–Crippen MR) is 108 cm³/mol. The molecule has 8 heteroatoms. The summed E-state index contributed by atoms with van der Waals surface area (Å²) in [5.74, 6) is -0.335. The average Bonchev–Trinajstić information content (AvgIpc) is 3.07. The van der Waals surface area contributed by atoms with Crippen molar-refractivity contribution in [2.24, 2.45) is 5.92 Å². The maximum atomic E-state index is 13.0. The van der Waals surface area contributed by atoms with Crippen LogP contribution < -0.4 is 4.90 Å². The lowest BCUT2D eigenvalue weighted by Gasteiger charge is -2.36. The van der Waals surface area contributed by atoms with Crippen LogP contribution in [0.4, 0.5) is 5.69 Å². The van der Waals surface area contributed by atoms with Crippen LogP contribution in [-0.4, -0.2) is 68.4 Å². The number of amides is 2. The van der Waals surface area contributed by atoms with E-state index in [-0.39, 0.29) is 30.2 Å². The maximum Gasteiger partial charge on any atom is 0.228 e. The zero-order chi connectivity index (χ0) is 20.5. The first-order valence-electron chi connectivity index (χ1n) is 9.82. The topological polar surface area (TPSA) is 78.0 Å². The van der Waals surface area contributed by atoms with E-state index < -0.39 is 10.0 Å². The van der Waals surface area contributed by atoms with Crippen LogP contribution in [0.5, 0.6) is 0 Å². The molecule has 2 saturated heterocycles. The van der Waals surface area contributed by atoms with E-state index in [0.717, 1.165) is 17.7 Å². The Balaban J connectivity index is 1.63. The predicted octanol–water partition coefficient (Wildman–Crippen LogP) is 1.48. The lowest BCUT2D eigenvalue weighted by molar-refractivity contribution is -0.137. The summed E-state index contributed by atoms with van der Waals surface area (Å²) in [5, 5.41) is 0. The second-order valence-electron chi connectivity index (χ2n) is 7.72. The Morgan fingerprint density at radius 3 is 2.46 bits per heavy atom. The van der Waals surface area contributed by atoms with Gasteiger partial charge in [0.15, 0.2) is 0 Å². The molecule has 2 aliphatic rings. The molecule has 0 bridgehead atoms. The van der Waals surface area contributed by atoms with Gasteiger partial charge in [-0.1, -0.05) is 25.1 Å². The standard InChI is InChI=1S/C20H29N3O4S/c1-4-15-7-5-6-8-18(15)23-14-16(13-19(23)24)20(25)22-11-9-17(10-12-22)21(2)28(3,26)27/h5-8,16-17H,4,9-14H2,1-3H3. The second-order valence-corrected chi connectivity index (χ2v) is 9.77. The Hall–Kier alpha value is -1.93. The molecule has 28 heavy (non-hydrogen) atoms. The highest BCUT2D eigenvalue weighted by Gasteiger charge is 2.39. The molecule has 1 unspecified atom stereocenters. The van der Waals surface area contributed by atoms with Crippen LogP contribution in [0.25, 0.3) is 0 Å². The Kier molecular flexibility index (Phi) is 6.09. The summed E-state index contributed by atoms with van der Waals surface area (Å²) >= 11 is 0. The number of anilines is 1. The van der Waals surface area contributed by atoms with Gasteiger partial charge < -0.3 is 9.80 Å². The van der Waals surface area contributed by atoms with Crippen molar-refractivity contribution >= 4 is 27.5 Å². The molecule has 2 aliphatic heterocycles. The van der Waals surface area contributed by atoms with Gasteiger partial charge in [-0.25, -0.2) is 12.7 Å². The van der Waals surface area contributed by atoms with Gasteiger partial charge in [0, 0.05) is 44.8 Å². The van der Waals surface area contributed by atoms with Gasteiger partial charge in [0.25, 0.3) is 0 Å². The van der Waals surface area contributed by atoms with Gasteiger partial charge in [0.05, 0.1) is 12.2 Å². The SMILES string of the molecule is CCc1ccccc1N1CC(C(=O)N2CCC(N(C)S(C)(=O)=O)CC2)CC1=O. The molecule has 154 valence electrons. The van der Waals surface area contributed by atoms with Crippen LogP contribution in [0.15, 0.2) is 24.3 Å². The first-order chi connectivity index (χ1) is 13.2. The fourth-order valence-electron chi connectivity index (χ4n) is 4.16. The summed E-state index contributed by atoms with van der Waals surface area (Å²) in [6.45, 7) is 3.52. The summed E-state index contributed by atoms with van der Waals surface area (Å²) in [6, 6.07) is 7.76. The van der Waals surface area contributed by atoms with Crippen molar-refractivity contribution in [1.29, 1.82) is 0 Å². The van der Waals surface area contributed by atoms with Crippen LogP contribution in [0.2, 0.25) is 0 Å². The number of piperidine rings is 1. The van der Waals surface area contributed by atoms with E-state index >= 15 is 0 Å². The molecule has 0 saturated carbocycles. The van der Waals surface area contributed by atoms with Crippen molar-refractivity contribution in [1.82, 2.24) is 9.21 Å². The summed E-state index contributed by atoms with van der Waals surface area (Å²) < 4.78 is 24.8. The number of hydrogen-bond acceptors (Lipinski definition) is 4. The van der Waals surface area contributed by atoms with Crippen LogP contribution in [0.3, 0.4) is 0 Å². The molecule has 1 aromatic carbocycles. The molecule has 1 aromatic rings. The van der Waals surface area contributed by atoms with Crippen molar-refractivity contribution in [3.63, 3.8) is 0 Å². The molecule has 0 aliphatic carbocycles. The molecule has 2 amide bonds. The fourth-order valence-corrected chi connectivity index (χ4v) is 4.91. The summed E-state index contributed by atoms with van der Waals surface area (Å²) in [5.41, 5.74) is 2.01. The molecule has 7 nitrogen and oxygen atoms in total. The monoisotopic (exact) mass is 407 g/mol.